The van der Waals surface area contributed by atoms with E-state index in [1.54, 1.807) is 17.4 Å². The third kappa shape index (κ3) is 4.27. The average Bonchev–Trinajstić information content (AvgIpc) is 2.92. The number of anilines is 1. The predicted octanol–water partition coefficient (Wildman–Crippen LogP) is 5.57. The molecule has 5 heteroatoms. The molecule has 0 unspecified atom stereocenters. The van der Waals surface area contributed by atoms with Crippen molar-refractivity contribution in [3.05, 3.63) is 68.5 Å². The molecule has 0 aliphatic rings. The molecule has 0 spiro atoms. The monoisotopic (exact) mass is 370 g/mol. The first-order valence-corrected chi connectivity index (χ1v) is 9.21. The zero-order valence-corrected chi connectivity index (χ0v) is 16.0. The van der Waals surface area contributed by atoms with Gasteiger partial charge in [0.05, 0.1) is 17.1 Å². The Balaban J connectivity index is 1.82. The second-order valence-corrected chi connectivity index (χ2v) is 7.78. The first-order chi connectivity index (χ1) is 11.9. The topological polar surface area (TPSA) is 42.0 Å². The van der Waals surface area contributed by atoms with Gasteiger partial charge < -0.3 is 5.32 Å². The van der Waals surface area contributed by atoms with Gasteiger partial charge in [-0.1, -0.05) is 47.5 Å². The zero-order chi connectivity index (χ0) is 18.0. The maximum atomic E-state index is 12.5. The van der Waals surface area contributed by atoms with Crippen LogP contribution in [-0.2, 0) is 11.2 Å². The van der Waals surface area contributed by atoms with E-state index in [-0.39, 0.29) is 5.91 Å². The highest BCUT2D eigenvalue weighted by Gasteiger charge is 2.15. The second-order valence-electron chi connectivity index (χ2n) is 6.05. The minimum atomic E-state index is -0.0672. The summed E-state index contributed by atoms with van der Waals surface area (Å²) < 4.78 is 0. The smallest absolute Gasteiger partial charge is 0.229 e. The van der Waals surface area contributed by atoms with Crippen molar-refractivity contribution in [3.8, 4) is 11.3 Å². The number of rotatable bonds is 4. The fourth-order valence-electron chi connectivity index (χ4n) is 2.60. The van der Waals surface area contributed by atoms with Crippen LogP contribution in [0.2, 0.25) is 5.02 Å². The van der Waals surface area contributed by atoms with E-state index in [9.17, 15) is 4.79 Å². The number of thiazole rings is 1. The van der Waals surface area contributed by atoms with Crippen LogP contribution in [0.15, 0.2) is 42.5 Å². The number of hydrogen-bond acceptors (Lipinski definition) is 3. The van der Waals surface area contributed by atoms with Crippen LogP contribution in [0.1, 0.15) is 21.0 Å². The van der Waals surface area contributed by atoms with Crippen molar-refractivity contribution in [1.29, 1.82) is 0 Å². The normalized spacial score (nSPS) is 10.7. The summed E-state index contributed by atoms with van der Waals surface area (Å²) in [6, 6.07) is 13.7. The summed E-state index contributed by atoms with van der Waals surface area (Å²) in [5.41, 5.74) is 4.86. The molecule has 3 nitrogen and oxygen atoms in total. The van der Waals surface area contributed by atoms with Gasteiger partial charge in [0.1, 0.15) is 0 Å². The number of amides is 1. The third-order valence-electron chi connectivity index (χ3n) is 3.92. The molecule has 0 atom stereocenters. The summed E-state index contributed by atoms with van der Waals surface area (Å²) in [5.74, 6) is -0.0672. The van der Waals surface area contributed by atoms with Crippen molar-refractivity contribution >= 4 is 34.5 Å². The number of hydrogen-bond donors (Lipinski definition) is 1. The number of carbonyl (C=O) groups is 1. The number of nitrogens with one attached hydrogen (secondary N) is 1. The molecule has 1 amide bonds. The SMILES string of the molecule is Cc1ccc(-c2nc(C)sc2CC(=O)Nc2cc(Cl)ccc2C)cc1. The molecule has 1 heterocycles. The minimum absolute atomic E-state index is 0.0672. The molecule has 1 aromatic heterocycles. The summed E-state index contributed by atoms with van der Waals surface area (Å²) in [6.45, 7) is 5.96. The van der Waals surface area contributed by atoms with Gasteiger partial charge in [0.25, 0.3) is 0 Å². The lowest BCUT2D eigenvalue weighted by Gasteiger charge is -2.09. The van der Waals surface area contributed by atoms with Gasteiger partial charge in [-0.15, -0.1) is 11.3 Å². The molecule has 128 valence electrons. The lowest BCUT2D eigenvalue weighted by molar-refractivity contribution is -0.115. The van der Waals surface area contributed by atoms with Crippen molar-refractivity contribution in [3.63, 3.8) is 0 Å². The first-order valence-electron chi connectivity index (χ1n) is 8.02. The van der Waals surface area contributed by atoms with Crippen molar-refractivity contribution in [2.24, 2.45) is 0 Å². The van der Waals surface area contributed by atoms with E-state index in [0.29, 0.717) is 11.4 Å². The molecule has 3 aromatic rings. The molecule has 0 saturated carbocycles. The largest absolute Gasteiger partial charge is 0.325 e. The quantitative estimate of drug-likeness (QED) is 0.652. The number of halogens is 1. The van der Waals surface area contributed by atoms with Gasteiger partial charge in [-0.25, -0.2) is 4.98 Å². The Bertz CT molecular complexity index is 916. The predicted molar refractivity (Wildman–Crippen MR) is 106 cm³/mol. The van der Waals surface area contributed by atoms with E-state index >= 15 is 0 Å². The number of carbonyl (C=O) groups excluding carboxylic acids is 1. The Morgan fingerprint density at radius 1 is 1.12 bits per heavy atom. The van der Waals surface area contributed by atoms with Gasteiger partial charge in [0.15, 0.2) is 0 Å². The van der Waals surface area contributed by atoms with E-state index in [4.69, 9.17) is 11.6 Å². The summed E-state index contributed by atoms with van der Waals surface area (Å²) in [7, 11) is 0. The Morgan fingerprint density at radius 3 is 2.56 bits per heavy atom. The van der Waals surface area contributed by atoms with Crippen LogP contribution in [0.25, 0.3) is 11.3 Å². The van der Waals surface area contributed by atoms with E-state index in [0.717, 1.165) is 32.4 Å². The molecule has 0 aliphatic carbocycles. The van der Waals surface area contributed by atoms with Crippen LogP contribution in [-0.4, -0.2) is 10.9 Å². The Hall–Kier alpha value is -2.17. The third-order valence-corrected chi connectivity index (χ3v) is 5.13. The van der Waals surface area contributed by atoms with Gasteiger partial charge >= 0.3 is 0 Å². The molecule has 0 bridgehead atoms. The minimum Gasteiger partial charge on any atom is -0.325 e. The van der Waals surface area contributed by atoms with Crippen LogP contribution >= 0.6 is 22.9 Å². The summed E-state index contributed by atoms with van der Waals surface area (Å²) in [4.78, 5) is 18.1. The fraction of sp³-hybridized carbons (Fsp3) is 0.200. The standard InChI is InChI=1S/C20H19ClN2OS/c1-12-4-7-15(8-5-12)20-18(25-14(3)22-20)11-19(24)23-17-10-16(21)9-6-13(17)2/h4-10H,11H2,1-3H3,(H,23,24). The van der Waals surface area contributed by atoms with Crippen LogP contribution < -0.4 is 5.32 Å². The molecule has 2 aromatic carbocycles. The molecule has 0 saturated heterocycles. The number of aryl methyl sites for hydroxylation is 3. The molecule has 0 fully saturated rings. The molecule has 3 rings (SSSR count). The van der Waals surface area contributed by atoms with Gasteiger partial charge in [-0.3, -0.25) is 4.79 Å². The summed E-state index contributed by atoms with van der Waals surface area (Å²) in [5, 5.41) is 4.51. The maximum Gasteiger partial charge on any atom is 0.229 e. The number of nitrogens with zero attached hydrogens (tertiary/aromatic N) is 1. The fourth-order valence-corrected chi connectivity index (χ4v) is 3.72. The van der Waals surface area contributed by atoms with Gasteiger partial charge in [-0.2, -0.15) is 0 Å². The van der Waals surface area contributed by atoms with Crippen LogP contribution in [0.3, 0.4) is 0 Å². The van der Waals surface area contributed by atoms with Gasteiger partial charge in [0.2, 0.25) is 5.91 Å². The van der Waals surface area contributed by atoms with E-state index in [1.807, 2.05) is 38.1 Å². The van der Waals surface area contributed by atoms with Crippen molar-refractivity contribution in [2.75, 3.05) is 5.32 Å². The lowest BCUT2D eigenvalue weighted by atomic mass is 10.1. The lowest BCUT2D eigenvalue weighted by Crippen LogP contribution is -2.15. The zero-order valence-electron chi connectivity index (χ0n) is 14.4. The Morgan fingerprint density at radius 2 is 1.84 bits per heavy atom. The molecular formula is C20H19ClN2OS. The second kappa shape index (κ2) is 7.38. The van der Waals surface area contributed by atoms with Crippen molar-refractivity contribution in [1.82, 2.24) is 4.98 Å². The van der Waals surface area contributed by atoms with Crippen LogP contribution in [0.5, 0.6) is 0 Å². The molecule has 0 aliphatic heterocycles. The van der Waals surface area contributed by atoms with E-state index < -0.39 is 0 Å². The van der Waals surface area contributed by atoms with Crippen LogP contribution in [0, 0.1) is 20.8 Å². The number of aromatic nitrogens is 1. The Kier molecular flexibility index (Phi) is 5.21. The molecule has 25 heavy (non-hydrogen) atoms. The van der Waals surface area contributed by atoms with Crippen molar-refractivity contribution < 1.29 is 4.79 Å². The first kappa shape index (κ1) is 17.6. The van der Waals surface area contributed by atoms with E-state index in [1.165, 1.54) is 5.56 Å². The molecule has 0 radical (unpaired) electrons. The van der Waals surface area contributed by atoms with Crippen LogP contribution in [0.4, 0.5) is 5.69 Å². The number of benzene rings is 2. The van der Waals surface area contributed by atoms with Crippen molar-refractivity contribution in [2.45, 2.75) is 27.2 Å². The molecule has 1 N–H and O–H groups in total. The highest BCUT2D eigenvalue weighted by molar-refractivity contribution is 7.12. The van der Waals surface area contributed by atoms with Gasteiger partial charge in [0, 0.05) is 21.2 Å². The summed E-state index contributed by atoms with van der Waals surface area (Å²) in [6.07, 6.45) is 0.292. The molecular weight excluding hydrogens is 352 g/mol. The van der Waals surface area contributed by atoms with E-state index in [2.05, 4.69) is 29.4 Å². The average molecular weight is 371 g/mol. The Labute approximate surface area is 156 Å². The summed E-state index contributed by atoms with van der Waals surface area (Å²) >= 11 is 7.58. The highest BCUT2D eigenvalue weighted by Crippen LogP contribution is 2.29. The van der Waals surface area contributed by atoms with Gasteiger partial charge in [-0.05, 0) is 38.5 Å². The maximum absolute atomic E-state index is 12.5. The highest BCUT2D eigenvalue weighted by atomic mass is 35.5.